The molecule has 0 saturated carbocycles. The number of hydrogen-bond donors (Lipinski definition) is 1. The van der Waals surface area contributed by atoms with E-state index < -0.39 is 0 Å². The third-order valence-electron chi connectivity index (χ3n) is 4.75. The molecule has 0 radical (unpaired) electrons. The normalized spacial score (nSPS) is 11.4. The van der Waals surface area contributed by atoms with Gasteiger partial charge in [0.2, 0.25) is 0 Å². The maximum absolute atomic E-state index is 8.95. The Morgan fingerprint density at radius 1 is 0.793 bits per heavy atom. The van der Waals surface area contributed by atoms with Gasteiger partial charge in [-0.1, -0.05) is 80.6 Å². The third kappa shape index (κ3) is 5.70. The van der Waals surface area contributed by atoms with Crippen LogP contribution in [-0.2, 0) is 6.42 Å². The average Bonchev–Trinajstić information content (AvgIpc) is 2.73. The van der Waals surface area contributed by atoms with Gasteiger partial charge in [-0.3, -0.25) is 0 Å². The topological polar surface area (TPSA) is 49.8 Å². The number of hydrogen-bond acceptors (Lipinski definition) is 2. The van der Waals surface area contributed by atoms with Crippen molar-refractivity contribution in [1.29, 1.82) is 5.26 Å². The van der Waals surface area contributed by atoms with Gasteiger partial charge in [-0.05, 0) is 64.4 Å². The van der Waals surface area contributed by atoms with Crippen LogP contribution in [0.2, 0.25) is 0 Å². The van der Waals surface area contributed by atoms with Gasteiger partial charge in [-0.2, -0.15) is 5.26 Å². The molecule has 3 rings (SSSR count). The van der Waals surface area contributed by atoms with Gasteiger partial charge in [0.1, 0.15) is 0 Å². The second-order valence-corrected chi connectivity index (χ2v) is 7.58. The Morgan fingerprint density at radius 3 is 1.79 bits per heavy atom. The zero-order valence-electron chi connectivity index (χ0n) is 17.0. The molecule has 0 heterocycles. The zero-order chi connectivity index (χ0) is 20.6. The summed E-state index contributed by atoms with van der Waals surface area (Å²) in [7, 11) is 0. The number of benzene rings is 3. The fourth-order valence-corrected chi connectivity index (χ4v) is 3.23. The van der Waals surface area contributed by atoms with Crippen molar-refractivity contribution in [1.82, 2.24) is 0 Å². The van der Waals surface area contributed by atoms with Gasteiger partial charge >= 0.3 is 0 Å². The summed E-state index contributed by atoms with van der Waals surface area (Å²) in [6.45, 7) is 4.49. The summed E-state index contributed by atoms with van der Waals surface area (Å²) in [6.07, 6.45) is 9.59. The molecular weight excluding hydrogens is 352 g/mol. The van der Waals surface area contributed by atoms with E-state index in [2.05, 4.69) is 62.4 Å². The highest BCUT2D eigenvalue weighted by Gasteiger charge is 2.07. The fourth-order valence-electron chi connectivity index (χ4n) is 3.23. The number of nitrogen functional groups attached to an aromatic ring is 1. The monoisotopic (exact) mass is 378 g/mol. The van der Waals surface area contributed by atoms with E-state index in [4.69, 9.17) is 11.0 Å². The molecule has 0 saturated heterocycles. The summed E-state index contributed by atoms with van der Waals surface area (Å²) in [5.41, 5.74) is 13.3. The summed E-state index contributed by atoms with van der Waals surface area (Å²) >= 11 is 0. The Morgan fingerprint density at radius 2 is 1.31 bits per heavy atom. The Bertz CT molecular complexity index is 1050. The lowest BCUT2D eigenvalue weighted by molar-refractivity contribution is 0.646. The average molecular weight is 379 g/mol. The van der Waals surface area contributed by atoms with E-state index in [9.17, 15) is 0 Å². The Kier molecular flexibility index (Phi) is 6.66. The molecule has 2 N–H and O–H groups in total. The largest absolute Gasteiger partial charge is 0.399 e. The number of anilines is 1. The first-order valence-electron chi connectivity index (χ1n) is 9.89. The molecule has 0 spiro atoms. The fraction of sp³-hybridized carbons (Fsp3) is 0.148. The lowest BCUT2D eigenvalue weighted by Crippen LogP contribution is -1.99. The maximum atomic E-state index is 8.95. The van der Waals surface area contributed by atoms with Gasteiger partial charge < -0.3 is 5.73 Å². The van der Waals surface area contributed by atoms with E-state index in [1.54, 1.807) is 0 Å². The molecule has 2 heteroatoms. The molecule has 0 aliphatic heterocycles. The Labute approximate surface area is 173 Å². The minimum absolute atomic E-state index is 0.558. The van der Waals surface area contributed by atoms with Crippen LogP contribution >= 0.6 is 0 Å². The van der Waals surface area contributed by atoms with Gasteiger partial charge in [-0.15, -0.1) is 0 Å². The minimum atomic E-state index is 0.558. The van der Waals surface area contributed by atoms with E-state index >= 15 is 0 Å². The van der Waals surface area contributed by atoms with Crippen molar-refractivity contribution in [3.63, 3.8) is 0 Å². The van der Waals surface area contributed by atoms with Crippen LogP contribution in [-0.4, -0.2) is 0 Å². The van der Waals surface area contributed by atoms with E-state index in [-0.39, 0.29) is 0 Å². The van der Waals surface area contributed by atoms with Gasteiger partial charge in [0.25, 0.3) is 0 Å². The molecule has 0 amide bonds. The smallest absolute Gasteiger partial charge is 0.0991 e. The predicted molar refractivity (Wildman–Crippen MR) is 125 cm³/mol. The summed E-state index contributed by atoms with van der Waals surface area (Å²) in [5, 5.41) is 8.95. The summed E-state index contributed by atoms with van der Waals surface area (Å²) in [6, 6.07) is 24.1. The van der Waals surface area contributed by atoms with Crippen LogP contribution in [0.25, 0.3) is 24.3 Å². The van der Waals surface area contributed by atoms with Crippen molar-refractivity contribution in [2.75, 3.05) is 5.73 Å². The second-order valence-electron chi connectivity index (χ2n) is 7.58. The van der Waals surface area contributed by atoms with E-state index in [0.29, 0.717) is 11.5 Å². The molecule has 0 aliphatic carbocycles. The number of rotatable bonds is 6. The molecule has 0 atom stereocenters. The van der Waals surface area contributed by atoms with Crippen molar-refractivity contribution in [2.45, 2.75) is 20.3 Å². The van der Waals surface area contributed by atoms with Crippen LogP contribution < -0.4 is 5.73 Å². The SMILES string of the molecule is CC(C)Cc1c(/C=C/c2ccc(N)cc2)cccc1/C=C/c1ccc(C#N)cc1. The first-order chi connectivity index (χ1) is 14.0. The highest BCUT2D eigenvalue weighted by atomic mass is 14.5. The van der Waals surface area contributed by atoms with Gasteiger partial charge in [0.05, 0.1) is 11.6 Å². The first-order valence-corrected chi connectivity index (χ1v) is 9.89. The van der Waals surface area contributed by atoms with Crippen LogP contribution in [0.5, 0.6) is 0 Å². The van der Waals surface area contributed by atoms with Crippen molar-refractivity contribution in [2.24, 2.45) is 5.92 Å². The molecule has 0 unspecified atom stereocenters. The van der Waals surface area contributed by atoms with Crippen LogP contribution in [0.3, 0.4) is 0 Å². The van der Waals surface area contributed by atoms with Crippen LogP contribution in [0.4, 0.5) is 5.69 Å². The number of nitriles is 1. The molecule has 3 aromatic rings. The molecule has 0 fully saturated rings. The molecule has 0 aromatic heterocycles. The van der Waals surface area contributed by atoms with Gasteiger partial charge in [-0.25, -0.2) is 0 Å². The molecule has 144 valence electrons. The van der Waals surface area contributed by atoms with E-state index in [0.717, 1.165) is 23.2 Å². The summed E-state index contributed by atoms with van der Waals surface area (Å²) in [5.74, 6) is 0.558. The van der Waals surface area contributed by atoms with Crippen LogP contribution in [0.1, 0.15) is 47.2 Å². The summed E-state index contributed by atoms with van der Waals surface area (Å²) < 4.78 is 0. The van der Waals surface area contributed by atoms with Crippen LogP contribution in [0, 0.1) is 17.2 Å². The highest BCUT2D eigenvalue weighted by Crippen LogP contribution is 2.23. The molecule has 0 bridgehead atoms. The molecule has 0 aliphatic rings. The molecular formula is C27H26N2. The standard InChI is InChI=1S/C27H26N2/c1-20(2)18-27-24(14-10-21-6-8-23(19-28)9-7-21)4-3-5-25(27)15-11-22-12-16-26(29)17-13-22/h3-17,20H,18,29H2,1-2H3/b14-10+,15-11+. The molecule has 2 nitrogen and oxygen atoms in total. The zero-order valence-corrected chi connectivity index (χ0v) is 17.0. The molecule has 29 heavy (non-hydrogen) atoms. The van der Waals surface area contributed by atoms with E-state index in [1.807, 2.05) is 48.5 Å². The highest BCUT2D eigenvalue weighted by molar-refractivity contribution is 5.77. The third-order valence-corrected chi connectivity index (χ3v) is 4.75. The summed E-state index contributed by atoms with van der Waals surface area (Å²) in [4.78, 5) is 0. The van der Waals surface area contributed by atoms with Gasteiger partial charge in [0.15, 0.2) is 0 Å². The lowest BCUT2D eigenvalue weighted by atomic mass is 9.92. The number of nitrogens with zero attached hydrogens (tertiary/aromatic N) is 1. The van der Waals surface area contributed by atoms with E-state index in [1.165, 1.54) is 16.7 Å². The van der Waals surface area contributed by atoms with Gasteiger partial charge in [0, 0.05) is 5.69 Å². The maximum Gasteiger partial charge on any atom is 0.0991 e. The van der Waals surface area contributed by atoms with Crippen molar-refractivity contribution in [3.05, 3.63) is 100 Å². The molecule has 3 aromatic carbocycles. The quantitative estimate of drug-likeness (QED) is 0.384. The van der Waals surface area contributed by atoms with Crippen LogP contribution in [0.15, 0.2) is 66.7 Å². The van der Waals surface area contributed by atoms with Crippen molar-refractivity contribution in [3.8, 4) is 6.07 Å². The Hall–Kier alpha value is -3.57. The minimum Gasteiger partial charge on any atom is -0.399 e. The second kappa shape index (κ2) is 9.57. The van der Waals surface area contributed by atoms with Crippen molar-refractivity contribution < 1.29 is 0 Å². The lowest BCUT2D eigenvalue weighted by Gasteiger charge is -2.13. The first kappa shape index (κ1) is 20.2. The Balaban J connectivity index is 1.92. The predicted octanol–water partition coefficient (Wildman–Crippen LogP) is 6.68. The van der Waals surface area contributed by atoms with Crippen molar-refractivity contribution >= 4 is 30.0 Å². The number of nitrogens with two attached hydrogens (primary N) is 1.